The van der Waals surface area contributed by atoms with Crippen molar-refractivity contribution in [3.05, 3.63) is 29.3 Å². The average Bonchev–Trinajstić information content (AvgIpc) is 2.63. The summed E-state index contributed by atoms with van der Waals surface area (Å²) >= 11 is 0. The number of amides is 1. The van der Waals surface area contributed by atoms with Crippen LogP contribution in [0, 0.1) is 19.8 Å². The summed E-state index contributed by atoms with van der Waals surface area (Å²) in [5.41, 5.74) is 2.37. The smallest absolute Gasteiger partial charge is 0.220 e. The summed E-state index contributed by atoms with van der Waals surface area (Å²) in [6.07, 6.45) is 6.38. The van der Waals surface area contributed by atoms with Gasteiger partial charge in [0.05, 0.1) is 6.61 Å². The van der Waals surface area contributed by atoms with Gasteiger partial charge in [-0.25, -0.2) is 0 Å². The van der Waals surface area contributed by atoms with Gasteiger partial charge in [0.25, 0.3) is 0 Å². The van der Waals surface area contributed by atoms with Crippen LogP contribution in [-0.4, -0.2) is 43.6 Å². The number of nitrogens with zero attached hydrogens (tertiary/aromatic N) is 1. The van der Waals surface area contributed by atoms with Crippen molar-refractivity contribution in [2.24, 2.45) is 5.92 Å². The molecule has 1 aliphatic rings. The van der Waals surface area contributed by atoms with E-state index in [0.717, 1.165) is 37.2 Å². The van der Waals surface area contributed by atoms with Crippen LogP contribution >= 0.6 is 0 Å². The number of carbonyl (C=O) groups excluding carboxylic acids is 1. The molecule has 2 rings (SSSR count). The van der Waals surface area contributed by atoms with Gasteiger partial charge >= 0.3 is 0 Å². The molecule has 1 N–H and O–H groups in total. The minimum absolute atomic E-state index is 0.169. The normalized spacial score (nSPS) is 16.3. The summed E-state index contributed by atoms with van der Waals surface area (Å²) in [4.78, 5) is 14.5. The number of rotatable bonds is 10. The van der Waals surface area contributed by atoms with Crippen LogP contribution in [-0.2, 0) is 4.79 Å². The second kappa shape index (κ2) is 11.2. The number of likely N-dealkylation sites (tertiary alicyclic amines) is 1. The molecule has 1 saturated heterocycles. The average molecular weight is 361 g/mol. The molecule has 1 atom stereocenters. The van der Waals surface area contributed by atoms with E-state index in [2.05, 4.69) is 49.2 Å². The van der Waals surface area contributed by atoms with Gasteiger partial charge in [-0.15, -0.1) is 0 Å². The number of ether oxygens (including phenoxy) is 1. The van der Waals surface area contributed by atoms with E-state index in [1.165, 1.54) is 37.9 Å². The molecule has 0 bridgehead atoms. The van der Waals surface area contributed by atoms with Crippen molar-refractivity contribution < 1.29 is 9.53 Å². The van der Waals surface area contributed by atoms with E-state index >= 15 is 0 Å². The van der Waals surface area contributed by atoms with Crippen molar-refractivity contribution in [3.63, 3.8) is 0 Å². The quantitative estimate of drug-likeness (QED) is 0.639. The number of nitrogens with one attached hydrogen (secondary N) is 1. The molecule has 1 aliphatic heterocycles. The van der Waals surface area contributed by atoms with Gasteiger partial charge in [-0.1, -0.05) is 25.5 Å². The lowest BCUT2D eigenvalue weighted by Gasteiger charge is -2.29. The number of hydrogen-bond donors (Lipinski definition) is 1. The van der Waals surface area contributed by atoms with Gasteiger partial charge in [-0.3, -0.25) is 4.79 Å². The minimum atomic E-state index is 0.169. The minimum Gasteiger partial charge on any atom is -0.493 e. The van der Waals surface area contributed by atoms with Gasteiger partial charge in [0.15, 0.2) is 0 Å². The van der Waals surface area contributed by atoms with Gasteiger partial charge in [0, 0.05) is 19.5 Å². The Labute approximate surface area is 159 Å². The summed E-state index contributed by atoms with van der Waals surface area (Å²) in [5.74, 6) is 1.65. The number of piperidine rings is 1. The maximum atomic E-state index is 12.0. The van der Waals surface area contributed by atoms with E-state index in [1.807, 2.05) is 0 Å². The molecule has 1 unspecified atom stereocenters. The van der Waals surface area contributed by atoms with Crippen molar-refractivity contribution in [2.45, 2.75) is 59.3 Å². The summed E-state index contributed by atoms with van der Waals surface area (Å²) < 4.78 is 5.84. The molecule has 0 aliphatic carbocycles. The van der Waals surface area contributed by atoms with Crippen LogP contribution in [0.15, 0.2) is 18.2 Å². The first kappa shape index (κ1) is 20.8. The fraction of sp³-hybridized carbons (Fsp3) is 0.682. The van der Waals surface area contributed by atoms with Crippen LogP contribution in [0.4, 0.5) is 0 Å². The third-order valence-electron chi connectivity index (χ3n) is 5.07. The Morgan fingerprint density at radius 1 is 1.19 bits per heavy atom. The summed E-state index contributed by atoms with van der Waals surface area (Å²) in [6.45, 7) is 11.4. The Bertz CT molecular complexity index is 553. The Hall–Kier alpha value is -1.55. The van der Waals surface area contributed by atoms with Gasteiger partial charge in [0.1, 0.15) is 5.75 Å². The molecule has 4 nitrogen and oxygen atoms in total. The molecule has 1 aromatic rings. The zero-order chi connectivity index (χ0) is 18.8. The van der Waals surface area contributed by atoms with Crippen molar-refractivity contribution in [1.82, 2.24) is 10.2 Å². The standard InChI is InChI=1S/C22H36N2O2/c1-18-10-11-20(3)21(15-18)26-14-8-5-9-22(25)23-16-19(2)17-24-12-6-4-7-13-24/h10-11,15,19H,4-9,12-14,16-17H2,1-3H3,(H,23,25). The first-order valence-electron chi connectivity index (χ1n) is 10.2. The lowest BCUT2D eigenvalue weighted by Crippen LogP contribution is -2.38. The zero-order valence-corrected chi connectivity index (χ0v) is 16.9. The topological polar surface area (TPSA) is 41.6 Å². The Morgan fingerprint density at radius 3 is 2.73 bits per heavy atom. The maximum absolute atomic E-state index is 12.0. The highest BCUT2D eigenvalue weighted by Crippen LogP contribution is 2.19. The SMILES string of the molecule is Cc1ccc(C)c(OCCCCC(=O)NCC(C)CN2CCCCC2)c1. The van der Waals surface area contributed by atoms with Crippen molar-refractivity contribution in [2.75, 3.05) is 32.8 Å². The monoisotopic (exact) mass is 360 g/mol. The maximum Gasteiger partial charge on any atom is 0.220 e. The fourth-order valence-corrected chi connectivity index (χ4v) is 3.46. The van der Waals surface area contributed by atoms with Crippen molar-refractivity contribution in [1.29, 1.82) is 0 Å². The van der Waals surface area contributed by atoms with E-state index in [1.54, 1.807) is 0 Å². The van der Waals surface area contributed by atoms with E-state index in [0.29, 0.717) is 18.9 Å². The van der Waals surface area contributed by atoms with Crippen molar-refractivity contribution >= 4 is 5.91 Å². The molecule has 1 fully saturated rings. The number of hydrogen-bond acceptors (Lipinski definition) is 3. The van der Waals surface area contributed by atoms with Gasteiger partial charge < -0.3 is 15.0 Å². The summed E-state index contributed by atoms with van der Waals surface area (Å²) in [7, 11) is 0. The molecule has 1 heterocycles. The first-order chi connectivity index (χ1) is 12.5. The Morgan fingerprint density at radius 2 is 1.96 bits per heavy atom. The van der Waals surface area contributed by atoms with E-state index in [4.69, 9.17) is 4.74 Å². The summed E-state index contributed by atoms with van der Waals surface area (Å²) in [6, 6.07) is 6.26. The molecule has 0 aromatic heterocycles. The number of benzene rings is 1. The lowest BCUT2D eigenvalue weighted by atomic mass is 10.1. The van der Waals surface area contributed by atoms with Crippen LogP contribution in [0.3, 0.4) is 0 Å². The predicted octanol–water partition coefficient (Wildman–Crippen LogP) is 4.09. The second-order valence-corrected chi connectivity index (χ2v) is 7.85. The van der Waals surface area contributed by atoms with Gasteiger partial charge in [-0.05, 0) is 75.7 Å². The number of aryl methyl sites for hydroxylation is 2. The fourth-order valence-electron chi connectivity index (χ4n) is 3.46. The lowest BCUT2D eigenvalue weighted by molar-refractivity contribution is -0.121. The third kappa shape index (κ3) is 7.77. The third-order valence-corrected chi connectivity index (χ3v) is 5.07. The molecule has 1 amide bonds. The second-order valence-electron chi connectivity index (χ2n) is 7.85. The van der Waals surface area contributed by atoms with Crippen LogP contribution in [0.25, 0.3) is 0 Å². The molecule has 4 heteroatoms. The predicted molar refractivity (Wildman–Crippen MR) is 108 cm³/mol. The molecule has 0 radical (unpaired) electrons. The number of unbranched alkanes of at least 4 members (excludes halogenated alkanes) is 1. The first-order valence-corrected chi connectivity index (χ1v) is 10.2. The van der Waals surface area contributed by atoms with Crippen molar-refractivity contribution in [3.8, 4) is 5.75 Å². The highest BCUT2D eigenvalue weighted by Gasteiger charge is 2.14. The number of carbonyl (C=O) groups is 1. The molecule has 146 valence electrons. The molecule has 0 spiro atoms. The molecule has 1 aromatic carbocycles. The Balaban J connectivity index is 1.52. The largest absolute Gasteiger partial charge is 0.493 e. The van der Waals surface area contributed by atoms with E-state index in [-0.39, 0.29) is 5.91 Å². The molecular formula is C22H36N2O2. The molecular weight excluding hydrogens is 324 g/mol. The molecule has 0 saturated carbocycles. The van der Waals surface area contributed by atoms with Gasteiger partial charge in [-0.2, -0.15) is 0 Å². The zero-order valence-electron chi connectivity index (χ0n) is 16.9. The van der Waals surface area contributed by atoms with Crippen LogP contribution in [0.2, 0.25) is 0 Å². The van der Waals surface area contributed by atoms with E-state index in [9.17, 15) is 4.79 Å². The molecule has 26 heavy (non-hydrogen) atoms. The van der Waals surface area contributed by atoms with Crippen LogP contribution in [0.1, 0.15) is 56.6 Å². The highest BCUT2D eigenvalue weighted by atomic mass is 16.5. The van der Waals surface area contributed by atoms with Gasteiger partial charge in [0.2, 0.25) is 5.91 Å². The highest BCUT2D eigenvalue weighted by molar-refractivity contribution is 5.75. The van der Waals surface area contributed by atoms with E-state index < -0.39 is 0 Å². The van der Waals surface area contributed by atoms with Crippen LogP contribution < -0.4 is 10.1 Å². The Kier molecular flexibility index (Phi) is 8.96. The summed E-state index contributed by atoms with van der Waals surface area (Å²) in [5, 5.41) is 3.09. The van der Waals surface area contributed by atoms with Crippen LogP contribution in [0.5, 0.6) is 5.75 Å².